The number of aliphatic imine (C=N–C) groups is 1. The average Bonchev–Trinajstić information content (AvgIpc) is 3.43. The van der Waals surface area contributed by atoms with Crippen molar-refractivity contribution in [3.05, 3.63) is 58.2 Å². The van der Waals surface area contributed by atoms with Crippen LogP contribution < -0.4 is 5.32 Å². The number of nitrogens with one attached hydrogen (secondary N) is 1. The first kappa shape index (κ1) is 21.3. The van der Waals surface area contributed by atoms with Crippen molar-refractivity contribution in [3.8, 4) is 0 Å². The molecule has 1 amide bonds. The fourth-order valence-corrected chi connectivity index (χ4v) is 4.07. The maximum atomic E-state index is 13.7. The zero-order valence-corrected chi connectivity index (χ0v) is 18.0. The maximum absolute atomic E-state index is 13.7. The number of amides is 1. The number of rotatable bonds is 6. The minimum atomic E-state index is -0.257. The van der Waals surface area contributed by atoms with Crippen molar-refractivity contribution >= 4 is 12.6 Å². The van der Waals surface area contributed by atoms with Gasteiger partial charge in [0.2, 0.25) is 0 Å². The zero-order chi connectivity index (χ0) is 21.2. The molecule has 0 spiro atoms. The summed E-state index contributed by atoms with van der Waals surface area (Å²) in [4.78, 5) is 19.9. The molecule has 1 heterocycles. The summed E-state index contributed by atoms with van der Waals surface area (Å²) in [6.45, 7) is 12.5. The molecule has 2 fully saturated rings. The average molecular weight is 398 g/mol. The highest BCUT2D eigenvalue weighted by molar-refractivity contribution is 5.98. The van der Waals surface area contributed by atoms with Gasteiger partial charge in [0, 0.05) is 23.2 Å². The van der Waals surface area contributed by atoms with Gasteiger partial charge in [-0.25, -0.2) is 9.38 Å². The van der Waals surface area contributed by atoms with Gasteiger partial charge in [-0.15, -0.1) is 0 Å². The first-order valence-corrected chi connectivity index (χ1v) is 10.5. The van der Waals surface area contributed by atoms with Gasteiger partial charge in [-0.3, -0.25) is 4.79 Å². The summed E-state index contributed by atoms with van der Waals surface area (Å²) in [5.74, 6) is 0.442. The Balaban J connectivity index is 1.94. The normalized spacial score (nSPS) is 21.1. The first-order chi connectivity index (χ1) is 13.8. The van der Waals surface area contributed by atoms with Gasteiger partial charge >= 0.3 is 0 Å². The van der Waals surface area contributed by atoms with Crippen molar-refractivity contribution in [3.63, 3.8) is 0 Å². The molecule has 1 unspecified atom stereocenters. The van der Waals surface area contributed by atoms with Gasteiger partial charge in [0.05, 0.1) is 6.04 Å². The van der Waals surface area contributed by atoms with E-state index in [1.54, 1.807) is 12.1 Å². The zero-order valence-electron chi connectivity index (χ0n) is 18.0. The molecule has 1 saturated heterocycles. The van der Waals surface area contributed by atoms with Gasteiger partial charge in [0.25, 0.3) is 5.91 Å². The highest BCUT2D eigenvalue weighted by Crippen LogP contribution is 2.37. The van der Waals surface area contributed by atoms with E-state index < -0.39 is 0 Å². The first-order valence-electron chi connectivity index (χ1n) is 10.5. The molecule has 0 radical (unpaired) electrons. The second-order valence-corrected chi connectivity index (χ2v) is 8.75. The van der Waals surface area contributed by atoms with Crippen molar-refractivity contribution in [1.29, 1.82) is 0 Å². The molecule has 0 bridgehead atoms. The van der Waals surface area contributed by atoms with Gasteiger partial charge in [0.15, 0.2) is 0 Å². The van der Waals surface area contributed by atoms with Gasteiger partial charge in [-0.2, -0.15) is 0 Å². The van der Waals surface area contributed by atoms with E-state index >= 15 is 0 Å². The minimum Gasteiger partial charge on any atom is -0.365 e. The molecule has 156 valence electrons. The third kappa shape index (κ3) is 4.77. The lowest BCUT2D eigenvalue weighted by Crippen LogP contribution is -2.40. The molecule has 4 nitrogen and oxygen atoms in total. The van der Waals surface area contributed by atoms with Crippen LogP contribution in [0.15, 0.2) is 51.8 Å². The Kier molecular flexibility index (Phi) is 6.25. The lowest BCUT2D eigenvalue weighted by atomic mass is 9.92. The SMILES string of the molecule is C=N/C(NC1(C)CC1)=C(\C)C(C(=O)N1CCCCC1c1ccc(F)cc1)=C(C)C. The van der Waals surface area contributed by atoms with Crippen molar-refractivity contribution < 1.29 is 9.18 Å². The standard InChI is InChI=1S/C24H32FN3O/c1-16(2)21(17(3)22(26-5)27-24(4)13-14-24)23(29)28-15-7-6-8-20(28)18-9-11-19(25)12-10-18/h9-12,20,27H,5-8,13-15H2,1-4H3/b22-17-. The van der Waals surface area contributed by atoms with E-state index in [-0.39, 0.29) is 23.3 Å². The van der Waals surface area contributed by atoms with Crippen LogP contribution in [0.5, 0.6) is 0 Å². The molecule has 1 N–H and O–H groups in total. The monoisotopic (exact) mass is 397 g/mol. The van der Waals surface area contributed by atoms with Crippen LogP contribution in [-0.2, 0) is 4.79 Å². The molecule has 1 aliphatic carbocycles. The Hall–Kier alpha value is -2.43. The Bertz CT molecular complexity index is 845. The summed E-state index contributed by atoms with van der Waals surface area (Å²) < 4.78 is 13.4. The molecule has 0 aromatic heterocycles. The molecule has 5 heteroatoms. The molecule has 3 rings (SSSR count). The summed E-state index contributed by atoms with van der Waals surface area (Å²) in [5.41, 5.74) is 3.52. The van der Waals surface area contributed by atoms with Gasteiger partial charge < -0.3 is 10.2 Å². The largest absolute Gasteiger partial charge is 0.365 e. The molecule has 1 saturated carbocycles. The molecular formula is C24H32FN3O. The number of allylic oxidation sites excluding steroid dienone is 1. The van der Waals surface area contributed by atoms with Crippen molar-refractivity contribution in [2.24, 2.45) is 4.99 Å². The van der Waals surface area contributed by atoms with Crippen LogP contribution in [0.2, 0.25) is 0 Å². The third-order valence-corrected chi connectivity index (χ3v) is 6.04. The summed E-state index contributed by atoms with van der Waals surface area (Å²) >= 11 is 0. The third-order valence-electron chi connectivity index (χ3n) is 6.04. The molecule has 29 heavy (non-hydrogen) atoms. The van der Waals surface area contributed by atoms with Gasteiger partial charge in [-0.05, 0) is 84.2 Å². The number of hydrogen-bond donors (Lipinski definition) is 1. The maximum Gasteiger partial charge on any atom is 0.254 e. The second kappa shape index (κ2) is 8.52. The van der Waals surface area contributed by atoms with Crippen LogP contribution in [0.25, 0.3) is 0 Å². The van der Waals surface area contributed by atoms with Crippen LogP contribution in [0.3, 0.4) is 0 Å². The molecule has 1 aromatic rings. The van der Waals surface area contributed by atoms with E-state index in [2.05, 4.69) is 24.0 Å². The summed E-state index contributed by atoms with van der Waals surface area (Å²) in [5, 5.41) is 3.46. The summed E-state index contributed by atoms with van der Waals surface area (Å²) in [6, 6.07) is 6.50. The van der Waals surface area contributed by atoms with E-state index in [9.17, 15) is 9.18 Å². The second-order valence-electron chi connectivity index (χ2n) is 8.75. The lowest BCUT2D eigenvalue weighted by Gasteiger charge is -2.37. The summed E-state index contributed by atoms with van der Waals surface area (Å²) in [7, 11) is 0. The fourth-order valence-electron chi connectivity index (χ4n) is 4.07. The Labute approximate surface area is 173 Å². The minimum absolute atomic E-state index is 0.0143. The lowest BCUT2D eigenvalue weighted by molar-refractivity contribution is -0.130. The van der Waals surface area contributed by atoms with Gasteiger partial charge in [-0.1, -0.05) is 17.7 Å². The van der Waals surface area contributed by atoms with Crippen LogP contribution in [0.4, 0.5) is 4.39 Å². The number of nitrogens with zero attached hydrogens (tertiary/aromatic N) is 2. The number of carbonyl (C=O) groups is 1. The summed E-state index contributed by atoms with van der Waals surface area (Å²) in [6.07, 6.45) is 5.11. The van der Waals surface area contributed by atoms with E-state index in [4.69, 9.17) is 0 Å². The predicted molar refractivity (Wildman–Crippen MR) is 116 cm³/mol. The molecule has 1 atom stereocenters. The quantitative estimate of drug-likeness (QED) is 0.403. The van der Waals surface area contributed by atoms with E-state index in [0.717, 1.165) is 48.8 Å². The Morgan fingerprint density at radius 1 is 1.21 bits per heavy atom. The highest BCUT2D eigenvalue weighted by atomic mass is 19.1. The van der Waals surface area contributed by atoms with Crippen molar-refractivity contribution in [1.82, 2.24) is 10.2 Å². The number of likely N-dealkylation sites (tertiary alicyclic amines) is 1. The molecule has 1 aromatic carbocycles. The highest BCUT2D eigenvalue weighted by Gasteiger charge is 2.38. The van der Waals surface area contributed by atoms with Crippen LogP contribution in [0, 0.1) is 5.82 Å². The van der Waals surface area contributed by atoms with Crippen LogP contribution in [-0.4, -0.2) is 29.6 Å². The Morgan fingerprint density at radius 3 is 2.41 bits per heavy atom. The predicted octanol–water partition coefficient (Wildman–Crippen LogP) is 5.29. The smallest absolute Gasteiger partial charge is 0.254 e. The number of carbonyl (C=O) groups excluding carboxylic acids is 1. The van der Waals surface area contributed by atoms with Crippen molar-refractivity contribution in [2.75, 3.05) is 6.54 Å². The number of halogens is 1. The van der Waals surface area contributed by atoms with E-state index in [1.807, 2.05) is 25.7 Å². The van der Waals surface area contributed by atoms with Crippen LogP contribution >= 0.6 is 0 Å². The van der Waals surface area contributed by atoms with E-state index in [1.165, 1.54) is 12.1 Å². The topological polar surface area (TPSA) is 44.7 Å². The van der Waals surface area contributed by atoms with Crippen LogP contribution in [0.1, 0.15) is 71.4 Å². The molecular weight excluding hydrogens is 365 g/mol. The van der Waals surface area contributed by atoms with Crippen molar-refractivity contribution in [2.45, 2.75) is 71.4 Å². The molecule has 1 aliphatic heterocycles. The number of hydrogen-bond acceptors (Lipinski definition) is 3. The number of benzene rings is 1. The fraction of sp³-hybridized carbons (Fsp3) is 0.500. The van der Waals surface area contributed by atoms with E-state index in [0.29, 0.717) is 17.9 Å². The van der Waals surface area contributed by atoms with Gasteiger partial charge in [0.1, 0.15) is 11.6 Å². The Morgan fingerprint density at radius 2 is 1.86 bits per heavy atom. The number of piperidine rings is 1. The molecule has 2 aliphatic rings.